The number of nitrogens with zero attached hydrogens (tertiary/aromatic N) is 2. The summed E-state index contributed by atoms with van der Waals surface area (Å²) in [4.78, 5) is 15.7. The van der Waals surface area contributed by atoms with E-state index >= 15 is 0 Å². The van der Waals surface area contributed by atoms with E-state index in [1.807, 2.05) is 18.9 Å². The van der Waals surface area contributed by atoms with Gasteiger partial charge < -0.3 is 9.80 Å². The molecule has 0 atom stereocenters. The molecule has 0 radical (unpaired) electrons. The molecule has 2 amide bonds. The second-order valence-corrected chi connectivity index (χ2v) is 3.99. The first-order valence-electron chi connectivity index (χ1n) is 6.17. The van der Waals surface area contributed by atoms with Crippen LogP contribution in [-0.2, 0) is 0 Å². The van der Waals surface area contributed by atoms with Gasteiger partial charge in [0.05, 0.1) is 0 Å². The molecule has 0 fully saturated rings. The lowest BCUT2D eigenvalue weighted by atomic mass is 10.3. The molecule has 0 saturated carbocycles. The Bertz CT molecular complexity index is 163. The van der Waals surface area contributed by atoms with Gasteiger partial charge in [0, 0.05) is 26.7 Å². The van der Waals surface area contributed by atoms with Crippen LogP contribution in [0, 0.1) is 0 Å². The molecule has 90 valence electrons. The minimum absolute atomic E-state index is 0.180. The Morgan fingerprint density at radius 3 is 1.80 bits per heavy atom. The number of amides is 2. The molecular formula is C12H26N2O. The fraction of sp³-hybridized carbons (Fsp3) is 0.917. The van der Waals surface area contributed by atoms with Crippen molar-refractivity contribution in [3.05, 3.63) is 0 Å². The summed E-state index contributed by atoms with van der Waals surface area (Å²) >= 11 is 0. The summed E-state index contributed by atoms with van der Waals surface area (Å²) in [6.07, 6.45) is 4.50. The third-order valence-corrected chi connectivity index (χ3v) is 2.63. The minimum Gasteiger partial charge on any atom is -0.328 e. The lowest BCUT2D eigenvalue weighted by Gasteiger charge is -2.27. The van der Waals surface area contributed by atoms with Crippen LogP contribution < -0.4 is 0 Å². The van der Waals surface area contributed by atoms with E-state index in [-0.39, 0.29) is 6.03 Å². The van der Waals surface area contributed by atoms with Gasteiger partial charge in [-0.2, -0.15) is 0 Å². The number of rotatable bonds is 7. The Hall–Kier alpha value is -0.730. The van der Waals surface area contributed by atoms with Crippen molar-refractivity contribution < 1.29 is 4.79 Å². The molecule has 0 aliphatic rings. The van der Waals surface area contributed by atoms with Crippen LogP contribution in [-0.4, -0.2) is 42.5 Å². The van der Waals surface area contributed by atoms with E-state index in [9.17, 15) is 4.79 Å². The number of carbonyl (C=O) groups excluding carboxylic acids is 1. The SMILES string of the molecule is CCCCN(CCCC)C(=O)N(C)CC. The summed E-state index contributed by atoms with van der Waals surface area (Å²) in [5.41, 5.74) is 0. The predicted octanol–water partition coefficient (Wildman–Crippen LogP) is 2.96. The third kappa shape index (κ3) is 5.65. The Morgan fingerprint density at radius 2 is 1.47 bits per heavy atom. The molecule has 0 unspecified atom stereocenters. The Labute approximate surface area is 94.4 Å². The Morgan fingerprint density at radius 1 is 1.00 bits per heavy atom. The third-order valence-electron chi connectivity index (χ3n) is 2.63. The molecule has 0 aliphatic heterocycles. The second kappa shape index (κ2) is 8.57. The molecule has 3 heteroatoms. The van der Waals surface area contributed by atoms with Crippen molar-refractivity contribution in [2.24, 2.45) is 0 Å². The summed E-state index contributed by atoms with van der Waals surface area (Å²) in [6.45, 7) is 8.92. The normalized spacial score (nSPS) is 10.1. The lowest BCUT2D eigenvalue weighted by molar-refractivity contribution is 0.163. The van der Waals surface area contributed by atoms with Crippen LogP contribution in [0.2, 0.25) is 0 Å². The van der Waals surface area contributed by atoms with Crippen LogP contribution in [0.15, 0.2) is 0 Å². The highest BCUT2D eigenvalue weighted by atomic mass is 16.2. The number of urea groups is 1. The molecule has 0 rings (SSSR count). The standard InChI is InChI=1S/C12H26N2O/c1-5-8-10-14(11-9-6-2)12(15)13(4)7-3/h5-11H2,1-4H3. The van der Waals surface area contributed by atoms with Crippen molar-refractivity contribution in [2.45, 2.75) is 46.5 Å². The van der Waals surface area contributed by atoms with Crippen molar-refractivity contribution in [1.82, 2.24) is 9.80 Å². The van der Waals surface area contributed by atoms with Crippen molar-refractivity contribution in [3.8, 4) is 0 Å². The smallest absolute Gasteiger partial charge is 0.319 e. The molecule has 15 heavy (non-hydrogen) atoms. The molecule has 0 N–H and O–H groups in total. The summed E-state index contributed by atoms with van der Waals surface area (Å²) in [5, 5.41) is 0. The van der Waals surface area contributed by atoms with Gasteiger partial charge in [0.1, 0.15) is 0 Å². The first-order valence-corrected chi connectivity index (χ1v) is 6.17. The zero-order chi connectivity index (χ0) is 11.7. The van der Waals surface area contributed by atoms with Gasteiger partial charge in [0.15, 0.2) is 0 Å². The topological polar surface area (TPSA) is 23.6 Å². The van der Waals surface area contributed by atoms with Gasteiger partial charge in [-0.15, -0.1) is 0 Å². The van der Waals surface area contributed by atoms with Crippen molar-refractivity contribution in [2.75, 3.05) is 26.7 Å². The summed E-state index contributed by atoms with van der Waals surface area (Å²) in [5.74, 6) is 0. The molecule has 3 nitrogen and oxygen atoms in total. The second-order valence-electron chi connectivity index (χ2n) is 3.99. The van der Waals surface area contributed by atoms with Crippen molar-refractivity contribution in [1.29, 1.82) is 0 Å². The van der Waals surface area contributed by atoms with Crippen LogP contribution in [0.1, 0.15) is 46.5 Å². The van der Waals surface area contributed by atoms with Crippen molar-refractivity contribution in [3.63, 3.8) is 0 Å². The molecule has 0 aromatic carbocycles. The first-order chi connectivity index (χ1) is 7.17. The summed E-state index contributed by atoms with van der Waals surface area (Å²) in [6, 6.07) is 0.180. The molecule has 0 bridgehead atoms. The van der Waals surface area contributed by atoms with Gasteiger partial charge in [0.2, 0.25) is 0 Å². The van der Waals surface area contributed by atoms with Gasteiger partial charge in [-0.1, -0.05) is 26.7 Å². The minimum atomic E-state index is 0.180. The molecule has 0 saturated heterocycles. The highest BCUT2D eigenvalue weighted by molar-refractivity contribution is 5.74. The molecule has 0 aromatic rings. The lowest BCUT2D eigenvalue weighted by Crippen LogP contribution is -2.42. The van der Waals surface area contributed by atoms with Gasteiger partial charge in [-0.05, 0) is 19.8 Å². The Balaban J connectivity index is 4.13. The highest BCUT2D eigenvalue weighted by Crippen LogP contribution is 2.03. The van der Waals surface area contributed by atoms with E-state index in [1.54, 1.807) is 4.90 Å². The maximum atomic E-state index is 11.9. The fourth-order valence-corrected chi connectivity index (χ4v) is 1.38. The molecule has 0 spiro atoms. The average Bonchev–Trinajstić information content (AvgIpc) is 2.27. The number of hydrogen-bond acceptors (Lipinski definition) is 1. The zero-order valence-electron chi connectivity index (χ0n) is 10.8. The molecule has 0 aromatic heterocycles. The molecule has 0 heterocycles. The van der Waals surface area contributed by atoms with Crippen LogP contribution in [0.25, 0.3) is 0 Å². The quantitative estimate of drug-likeness (QED) is 0.639. The van der Waals surface area contributed by atoms with Crippen LogP contribution in [0.4, 0.5) is 4.79 Å². The average molecular weight is 214 g/mol. The van der Waals surface area contributed by atoms with E-state index in [0.717, 1.165) is 45.3 Å². The molecular weight excluding hydrogens is 188 g/mol. The first kappa shape index (κ1) is 14.3. The van der Waals surface area contributed by atoms with E-state index in [2.05, 4.69) is 13.8 Å². The largest absolute Gasteiger partial charge is 0.328 e. The summed E-state index contributed by atoms with van der Waals surface area (Å²) in [7, 11) is 1.87. The number of carbonyl (C=O) groups is 1. The number of hydrogen-bond donors (Lipinski definition) is 0. The zero-order valence-corrected chi connectivity index (χ0v) is 10.8. The Kier molecular flexibility index (Phi) is 8.15. The fourth-order valence-electron chi connectivity index (χ4n) is 1.38. The maximum Gasteiger partial charge on any atom is 0.319 e. The van der Waals surface area contributed by atoms with Crippen molar-refractivity contribution >= 4 is 6.03 Å². The van der Waals surface area contributed by atoms with Crippen LogP contribution in [0.5, 0.6) is 0 Å². The maximum absolute atomic E-state index is 11.9. The van der Waals surface area contributed by atoms with Gasteiger partial charge in [-0.25, -0.2) is 4.79 Å². The van der Waals surface area contributed by atoms with Crippen LogP contribution >= 0.6 is 0 Å². The highest BCUT2D eigenvalue weighted by Gasteiger charge is 2.15. The van der Waals surface area contributed by atoms with Gasteiger partial charge >= 0.3 is 6.03 Å². The van der Waals surface area contributed by atoms with Crippen LogP contribution in [0.3, 0.4) is 0 Å². The predicted molar refractivity (Wildman–Crippen MR) is 65.1 cm³/mol. The van der Waals surface area contributed by atoms with Gasteiger partial charge in [-0.3, -0.25) is 0 Å². The van der Waals surface area contributed by atoms with E-state index < -0.39 is 0 Å². The number of unbranched alkanes of at least 4 members (excludes halogenated alkanes) is 2. The van der Waals surface area contributed by atoms with Gasteiger partial charge in [0.25, 0.3) is 0 Å². The van der Waals surface area contributed by atoms with E-state index in [4.69, 9.17) is 0 Å². The monoisotopic (exact) mass is 214 g/mol. The molecule has 0 aliphatic carbocycles. The van der Waals surface area contributed by atoms with E-state index in [1.165, 1.54) is 0 Å². The summed E-state index contributed by atoms with van der Waals surface area (Å²) < 4.78 is 0. The van der Waals surface area contributed by atoms with E-state index in [0.29, 0.717) is 0 Å².